The summed E-state index contributed by atoms with van der Waals surface area (Å²) in [5, 5.41) is 0. The van der Waals surface area contributed by atoms with E-state index in [-0.39, 0.29) is 5.78 Å². The van der Waals surface area contributed by atoms with Crippen molar-refractivity contribution in [1.82, 2.24) is 28.5 Å². The smallest absolute Gasteiger partial charge is 0.311 e. The summed E-state index contributed by atoms with van der Waals surface area (Å²) in [6.07, 6.45) is 0. The fraction of sp³-hybridized carbons (Fsp3) is 0.478. The second kappa shape index (κ2) is 8.84. The number of ketones is 1. The molecular formula is C23H30N6O3. The summed E-state index contributed by atoms with van der Waals surface area (Å²) in [4.78, 5) is 46.9. The van der Waals surface area contributed by atoms with E-state index in [0.717, 1.165) is 37.3 Å². The highest BCUT2D eigenvalue weighted by Gasteiger charge is 2.26. The van der Waals surface area contributed by atoms with Gasteiger partial charge in [-0.1, -0.05) is 30.3 Å². The molecule has 9 heteroatoms. The summed E-state index contributed by atoms with van der Waals surface area (Å²) in [5.41, 5.74) is 1.07. The largest absolute Gasteiger partial charge is 0.332 e. The number of aromatic nitrogens is 4. The lowest BCUT2D eigenvalue weighted by molar-refractivity contribution is -0.119. The Morgan fingerprint density at radius 1 is 0.969 bits per heavy atom. The molecule has 1 aliphatic heterocycles. The number of Topliss-reactive ketones (excluding diaryl/α,β-unsaturated/α-hetero) is 1. The Kier molecular flexibility index (Phi) is 6.12. The van der Waals surface area contributed by atoms with Gasteiger partial charge in [-0.25, -0.2) is 9.78 Å². The van der Waals surface area contributed by atoms with Gasteiger partial charge in [0, 0.05) is 46.8 Å². The van der Waals surface area contributed by atoms with Crippen LogP contribution in [-0.4, -0.2) is 60.4 Å². The van der Waals surface area contributed by atoms with E-state index < -0.39 is 17.3 Å². The highest BCUT2D eigenvalue weighted by molar-refractivity contribution is 5.82. The van der Waals surface area contributed by atoms with Gasteiger partial charge in [0.1, 0.15) is 5.82 Å². The van der Waals surface area contributed by atoms with Gasteiger partial charge in [-0.2, -0.15) is 0 Å². The molecule has 0 radical (unpaired) electrons. The number of carbonyl (C=O) groups excluding carboxylic acids is 1. The van der Waals surface area contributed by atoms with Gasteiger partial charge >= 0.3 is 5.69 Å². The SMILES string of the molecule is CC(=O)[C@H](C)n1c(CN2CCN(Cc3ccccc3)CC2)nc2c1c(=O)n(C)c(=O)n2C. The Labute approximate surface area is 186 Å². The number of benzene rings is 1. The van der Waals surface area contributed by atoms with Gasteiger partial charge in [0.2, 0.25) is 0 Å². The minimum absolute atomic E-state index is 0.0610. The normalized spacial score (nSPS) is 16.5. The molecule has 2 aromatic heterocycles. The minimum Gasteiger partial charge on any atom is -0.311 e. The molecule has 0 amide bonds. The first-order chi connectivity index (χ1) is 15.3. The highest BCUT2D eigenvalue weighted by atomic mass is 16.2. The molecule has 32 heavy (non-hydrogen) atoms. The van der Waals surface area contributed by atoms with Gasteiger partial charge < -0.3 is 4.57 Å². The third kappa shape index (κ3) is 4.05. The van der Waals surface area contributed by atoms with Crippen LogP contribution < -0.4 is 11.2 Å². The van der Waals surface area contributed by atoms with Crippen LogP contribution in [0.5, 0.6) is 0 Å². The van der Waals surface area contributed by atoms with Gasteiger partial charge in [-0.3, -0.25) is 28.5 Å². The first kappa shape index (κ1) is 22.2. The van der Waals surface area contributed by atoms with E-state index >= 15 is 0 Å². The molecule has 0 bridgehead atoms. The van der Waals surface area contributed by atoms with Crippen molar-refractivity contribution < 1.29 is 4.79 Å². The zero-order chi connectivity index (χ0) is 23.0. The van der Waals surface area contributed by atoms with Crippen molar-refractivity contribution >= 4 is 16.9 Å². The van der Waals surface area contributed by atoms with Crippen LogP contribution in [0.1, 0.15) is 31.3 Å². The molecule has 3 heterocycles. The van der Waals surface area contributed by atoms with Gasteiger partial charge in [-0.05, 0) is 19.4 Å². The number of carbonyl (C=O) groups is 1. The van der Waals surface area contributed by atoms with Crippen molar-refractivity contribution in [2.75, 3.05) is 26.2 Å². The monoisotopic (exact) mass is 438 g/mol. The highest BCUT2D eigenvalue weighted by Crippen LogP contribution is 2.20. The van der Waals surface area contributed by atoms with E-state index in [2.05, 4.69) is 39.0 Å². The Hall–Kier alpha value is -3.04. The third-order valence-electron chi connectivity index (χ3n) is 6.42. The molecular weight excluding hydrogens is 408 g/mol. The van der Waals surface area contributed by atoms with Crippen LogP contribution in [0.25, 0.3) is 11.2 Å². The maximum absolute atomic E-state index is 12.9. The molecule has 9 nitrogen and oxygen atoms in total. The molecule has 1 fully saturated rings. The molecule has 1 atom stereocenters. The molecule has 1 aromatic carbocycles. The van der Waals surface area contributed by atoms with Crippen LogP contribution in [-0.2, 0) is 32.0 Å². The van der Waals surface area contributed by atoms with Gasteiger partial charge in [0.05, 0.1) is 12.6 Å². The average Bonchev–Trinajstić information content (AvgIpc) is 3.16. The maximum atomic E-state index is 12.9. The van der Waals surface area contributed by atoms with E-state index in [1.54, 1.807) is 18.5 Å². The third-order valence-corrected chi connectivity index (χ3v) is 6.42. The lowest BCUT2D eigenvalue weighted by Crippen LogP contribution is -2.45. The molecule has 0 aliphatic carbocycles. The van der Waals surface area contributed by atoms with Crippen molar-refractivity contribution in [2.45, 2.75) is 33.0 Å². The van der Waals surface area contributed by atoms with Crippen molar-refractivity contribution in [3.8, 4) is 0 Å². The fourth-order valence-corrected chi connectivity index (χ4v) is 4.32. The molecule has 0 N–H and O–H groups in total. The lowest BCUT2D eigenvalue weighted by Gasteiger charge is -2.34. The Balaban J connectivity index is 1.61. The van der Waals surface area contributed by atoms with E-state index in [1.165, 1.54) is 24.1 Å². The second-order valence-electron chi connectivity index (χ2n) is 8.60. The van der Waals surface area contributed by atoms with Crippen molar-refractivity contribution in [3.05, 3.63) is 62.6 Å². The van der Waals surface area contributed by atoms with E-state index in [1.807, 2.05) is 6.07 Å². The first-order valence-corrected chi connectivity index (χ1v) is 10.9. The lowest BCUT2D eigenvalue weighted by atomic mass is 10.2. The average molecular weight is 439 g/mol. The quantitative estimate of drug-likeness (QED) is 0.569. The summed E-state index contributed by atoms with van der Waals surface area (Å²) in [6, 6.07) is 9.89. The first-order valence-electron chi connectivity index (χ1n) is 10.9. The molecule has 4 rings (SSSR count). The van der Waals surface area contributed by atoms with Crippen LogP contribution in [0, 0.1) is 0 Å². The summed E-state index contributed by atoms with van der Waals surface area (Å²) in [5.74, 6) is 0.576. The van der Waals surface area contributed by atoms with Crippen LogP contribution >= 0.6 is 0 Å². The molecule has 1 aliphatic rings. The van der Waals surface area contributed by atoms with Crippen molar-refractivity contribution in [1.29, 1.82) is 0 Å². The van der Waals surface area contributed by atoms with Crippen molar-refractivity contribution in [3.63, 3.8) is 0 Å². The molecule has 3 aromatic rings. The Morgan fingerprint density at radius 2 is 1.56 bits per heavy atom. The standard InChI is InChI=1S/C23H30N6O3/c1-16(17(2)30)29-19(24-21-20(29)22(31)26(4)23(32)25(21)3)15-28-12-10-27(11-13-28)14-18-8-6-5-7-9-18/h5-9,16H,10-15H2,1-4H3/t16-/m0/s1. The summed E-state index contributed by atoms with van der Waals surface area (Å²) >= 11 is 0. The van der Waals surface area contributed by atoms with Gasteiger partial charge in [0.25, 0.3) is 5.56 Å². The van der Waals surface area contributed by atoms with Gasteiger partial charge in [0.15, 0.2) is 16.9 Å². The zero-order valence-corrected chi connectivity index (χ0v) is 19.1. The number of imidazole rings is 1. The number of nitrogens with zero attached hydrogens (tertiary/aromatic N) is 6. The van der Waals surface area contributed by atoms with Gasteiger partial charge in [-0.15, -0.1) is 0 Å². The number of aryl methyl sites for hydroxylation is 1. The zero-order valence-electron chi connectivity index (χ0n) is 19.1. The van der Waals surface area contributed by atoms with Crippen LogP contribution in [0.2, 0.25) is 0 Å². The number of fused-ring (bicyclic) bond motifs is 1. The summed E-state index contributed by atoms with van der Waals surface area (Å²) in [6.45, 7) is 8.30. The number of hydrogen-bond donors (Lipinski definition) is 0. The molecule has 0 saturated carbocycles. The second-order valence-corrected chi connectivity index (χ2v) is 8.60. The van der Waals surface area contributed by atoms with Crippen LogP contribution in [0.15, 0.2) is 39.9 Å². The van der Waals surface area contributed by atoms with E-state index in [4.69, 9.17) is 0 Å². The van der Waals surface area contributed by atoms with Crippen molar-refractivity contribution in [2.24, 2.45) is 14.1 Å². The van der Waals surface area contributed by atoms with Crippen LogP contribution in [0.4, 0.5) is 0 Å². The predicted molar refractivity (Wildman–Crippen MR) is 123 cm³/mol. The van der Waals surface area contributed by atoms with E-state index in [0.29, 0.717) is 23.5 Å². The number of rotatable bonds is 6. The molecule has 1 saturated heterocycles. The number of piperazine rings is 1. The predicted octanol–water partition coefficient (Wildman–Crippen LogP) is 0.902. The molecule has 0 unspecified atom stereocenters. The van der Waals surface area contributed by atoms with E-state index in [9.17, 15) is 14.4 Å². The molecule has 0 spiro atoms. The fourth-order valence-electron chi connectivity index (χ4n) is 4.32. The summed E-state index contributed by atoms with van der Waals surface area (Å²) < 4.78 is 4.16. The van der Waals surface area contributed by atoms with Crippen LogP contribution in [0.3, 0.4) is 0 Å². The Bertz CT molecular complexity index is 1250. The number of hydrogen-bond acceptors (Lipinski definition) is 6. The topological polar surface area (TPSA) is 85.4 Å². The Morgan fingerprint density at radius 3 is 2.16 bits per heavy atom. The maximum Gasteiger partial charge on any atom is 0.332 e. The minimum atomic E-state index is -0.542. The molecule has 170 valence electrons. The summed E-state index contributed by atoms with van der Waals surface area (Å²) in [7, 11) is 3.05.